The summed E-state index contributed by atoms with van der Waals surface area (Å²) in [6.07, 6.45) is -11.0. The van der Waals surface area contributed by atoms with Gasteiger partial charge in [0.2, 0.25) is 0 Å². The third kappa shape index (κ3) is 5.34. The van der Waals surface area contributed by atoms with Crippen LogP contribution in [0.2, 0.25) is 5.02 Å². The zero-order valence-corrected chi connectivity index (χ0v) is 22.8. The average Bonchev–Trinajstić information content (AvgIpc) is 3.32. The van der Waals surface area contributed by atoms with Crippen LogP contribution in [0.3, 0.4) is 0 Å². The molecule has 218 valence electrons. The maximum absolute atomic E-state index is 13.7. The molecule has 0 bridgehead atoms. The van der Waals surface area contributed by atoms with Crippen molar-refractivity contribution in [2.24, 2.45) is 5.10 Å². The molecule has 15 heteroatoms. The van der Waals surface area contributed by atoms with Crippen LogP contribution in [0.1, 0.15) is 30.0 Å². The van der Waals surface area contributed by atoms with Gasteiger partial charge in [-0.3, -0.25) is 5.01 Å². The predicted octanol–water partition coefficient (Wildman–Crippen LogP) is 5.40. The lowest BCUT2D eigenvalue weighted by atomic mass is 9.88. The molecule has 0 fully saturated rings. The van der Waals surface area contributed by atoms with Crippen LogP contribution in [0, 0.1) is 0 Å². The fourth-order valence-electron chi connectivity index (χ4n) is 4.64. The Morgan fingerprint density at radius 2 is 1.68 bits per heavy atom. The molecule has 1 N–H and O–H groups in total. The minimum Gasteiger partial charge on any atom is -0.369 e. The quantitative estimate of drug-likeness (QED) is 0.445. The number of hydrogen-bond donors (Lipinski definition) is 1. The average molecular weight is 611 g/mol. The maximum atomic E-state index is 13.7. The normalized spacial score (nSPS) is 19.7. The summed E-state index contributed by atoms with van der Waals surface area (Å²) in [5.74, 6) is 0. The van der Waals surface area contributed by atoms with Gasteiger partial charge in [0, 0.05) is 33.6 Å². The van der Waals surface area contributed by atoms with Gasteiger partial charge in [0.1, 0.15) is 0 Å². The molecule has 40 heavy (non-hydrogen) atoms. The predicted molar refractivity (Wildman–Crippen MR) is 139 cm³/mol. The number of para-hydroxylation sites is 1. The number of anilines is 1. The molecule has 0 radical (unpaired) electrons. The highest BCUT2D eigenvalue weighted by Gasteiger charge is 2.74. The van der Waals surface area contributed by atoms with Crippen molar-refractivity contribution in [3.05, 3.63) is 70.8 Å². The molecule has 0 amide bonds. The smallest absolute Gasteiger partial charge is 0.369 e. The number of halogens is 7. The van der Waals surface area contributed by atoms with Crippen LogP contribution in [-0.2, 0) is 10.2 Å². The van der Waals surface area contributed by atoms with Crippen molar-refractivity contribution in [1.29, 1.82) is 0 Å². The summed E-state index contributed by atoms with van der Waals surface area (Å²) < 4.78 is 109. The van der Waals surface area contributed by atoms with Crippen molar-refractivity contribution in [3.63, 3.8) is 0 Å². The Kier molecular flexibility index (Phi) is 8.06. The highest BCUT2D eigenvalue weighted by atomic mass is 35.5. The van der Waals surface area contributed by atoms with Crippen molar-refractivity contribution in [2.75, 3.05) is 32.2 Å². The minimum absolute atomic E-state index is 0.0355. The summed E-state index contributed by atoms with van der Waals surface area (Å²) >= 11 is 6.24. The first kappa shape index (κ1) is 30.3. The number of benzene rings is 2. The first-order valence-corrected chi connectivity index (χ1v) is 13.7. The van der Waals surface area contributed by atoms with Gasteiger partial charge in [-0.15, -0.1) is 0 Å². The number of alkyl halides is 6. The van der Waals surface area contributed by atoms with E-state index in [1.54, 1.807) is 30.3 Å². The molecule has 2 aromatic rings. The third-order valence-electron chi connectivity index (χ3n) is 6.85. The van der Waals surface area contributed by atoms with Crippen LogP contribution in [0.4, 0.5) is 32.0 Å². The lowest BCUT2D eigenvalue weighted by Crippen LogP contribution is -2.62. The second kappa shape index (κ2) is 10.6. The number of nitrogens with zero attached hydrogens (tertiary/aromatic N) is 4. The molecule has 2 aromatic carbocycles. The largest absolute Gasteiger partial charge is 0.431 e. The summed E-state index contributed by atoms with van der Waals surface area (Å²) in [5, 5.41) is 14.7. The van der Waals surface area contributed by atoms with Crippen molar-refractivity contribution in [2.45, 2.75) is 36.8 Å². The van der Waals surface area contributed by atoms with E-state index in [4.69, 9.17) is 11.6 Å². The zero-order chi connectivity index (χ0) is 29.7. The summed E-state index contributed by atoms with van der Waals surface area (Å²) in [5.41, 5.74) is -4.91. The Hall–Kier alpha value is -2.65. The van der Waals surface area contributed by atoms with Crippen LogP contribution >= 0.6 is 11.6 Å². The summed E-state index contributed by atoms with van der Waals surface area (Å²) in [6.45, 7) is 0.274. The van der Waals surface area contributed by atoms with E-state index < -0.39 is 46.3 Å². The number of hydrogen-bond acceptors (Lipinski definition) is 5. The van der Waals surface area contributed by atoms with E-state index in [-0.39, 0.29) is 23.8 Å². The molecular formula is C25H25ClF6N4O3S. The molecule has 4 rings (SSSR count). The SMILES string of the molecule is CN(C)S(=O)(=O)N1CC=C(c2cccc(C3CC(C(O)(C(F)(F)F)C(F)(F)F)=NN3c3ccccc3Cl)c2)CC1. The van der Waals surface area contributed by atoms with Gasteiger partial charge in [0.05, 0.1) is 22.5 Å². The van der Waals surface area contributed by atoms with Crippen LogP contribution in [-0.4, -0.2) is 73.0 Å². The molecule has 0 saturated heterocycles. The number of aliphatic hydroxyl groups is 1. The molecule has 0 spiro atoms. The van der Waals surface area contributed by atoms with E-state index in [2.05, 4.69) is 5.10 Å². The monoisotopic (exact) mass is 610 g/mol. The third-order valence-corrected chi connectivity index (χ3v) is 9.08. The van der Waals surface area contributed by atoms with Crippen molar-refractivity contribution in [1.82, 2.24) is 8.61 Å². The number of hydrazone groups is 1. The van der Waals surface area contributed by atoms with E-state index in [0.29, 0.717) is 17.5 Å². The highest BCUT2D eigenvalue weighted by Crippen LogP contribution is 2.49. The van der Waals surface area contributed by atoms with Crippen LogP contribution in [0.25, 0.3) is 5.57 Å². The molecule has 2 aliphatic heterocycles. The van der Waals surface area contributed by atoms with E-state index in [9.17, 15) is 39.9 Å². The van der Waals surface area contributed by atoms with Gasteiger partial charge in [-0.05, 0) is 41.3 Å². The molecule has 1 atom stereocenters. The first-order chi connectivity index (χ1) is 18.5. The second-order valence-corrected chi connectivity index (χ2v) is 12.1. The van der Waals surface area contributed by atoms with E-state index >= 15 is 0 Å². The van der Waals surface area contributed by atoms with Gasteiger partial charge in [0.15, 0.2) is 0 Å². The standard InChI is InChI=1S/C25H25ClF6N4O3S/c1-34(2)40(38,39)35-12-10-16(11-13-35)17-6-5-7-18(14-17)21-15-22(23(37,24(27,28)29)25(30,31)32)33-36(21)20-9-4-3-8-19(20)26/h3-10,14,21,37H,11-13,15H2,1-2H3. The molecule has 0 aromatic heterocycles. The Balaban J connectivity index is 1.74. The molecule has 7 nitrogen and oxygen atoms in total. The molecular weight excluding hydrogens is 586 g/mol. The Morgan fingerprint density at radius 3 is 2.23 bits per heavy atom. The molecule has 0 saturated carbocycles. The van der Waals surface area contributed by atoms with Gasteiger partial charge in [-0.25, -0.2) is 0 Å². The maximum Gasteiger partial charge on any atom is 0.431 e. The zero-order valence-electron chi connectivity index (χ0n) is 21.2. The highest BCUT2D eigenvalue weighted by molar-refractivity contribution is 7.86. The molecule has 2 heterocycles. The lowest BCUT2D eigenvalue weighted by Gasteiger charge is -2.32. The van der Waals surface area contributed by atoms with Crippen molar-refractivity contribution >= 4 is 38.8 Å². The molecule has 2 aliphatic rings. The van der Waals surface area contributed by atoms with Crippen LogP contribution in [0.5, 0.6) is 0 Å². The summed E-state index contributed by atoms with van der Waals surface area (Å²) in [4.78, 5) is 0. The van der Waals surface area contributed by atoms with Crippen molar-refractivity contribution in [3.8, 4) is 0 Å². The fraction of sp³-hybridized carbons (Fsp3) is 0.400. The molecule has 0 aliphatic carbocycles. The van der Waals surface area contributed by atoms with E-state index in [0.717, 1.165) is 14.9 Å². The van der Waals surface area contributed by atoms with E-state index in [1.165, 1.54) is 42.7 Å². The van der Waals surface area contributed by atoms with Gasteiger partial charge < -0.3 is 5.11 Å². The Labute approximate surface area is 232 Å². The van der Waals surface area contributed by atoms with Crippen LogP contribution < -0.4 is 5.01 Å². The van der Waals surface area contributed by atoms with Gasteiger partial charge in [0.25, 0.3) is 15.8 Å². The topological polar surface area (TPSA) is 76.5 Å². The summed E-state index contributed by atoms with van der Waals surface area (Å²) in [6, 6.07) is 11.1. The Bertz CT molecular complexity index is 1430. The van der Waals surface area contributed by atoms with Gasteiger partial charge >= 0.3 is 12.4 Å². The van der Waals surface area contributed by atoms with E-state index in [1.807, 2.05) is 0 Å². The van der Waals surface area contributed by atoms with Gasteiger partial charge in [-0.1, -0.05) is 48.0 Å². The van der Waals surface area contributed by atoms with Crippen molar-refractivity contribution < 1.29 is 39.9 Å². The molecule has 1 unspecified atom stereocenters. The fourth-order valence-corrected chi connectivity index (χ4v) is 5.90. The summed E-state index contributed by atoms with van der Waals surface area (Å²) in [7, 11) is -0.801. The van der Waals surface area contributed by atoms with Gasteiger partial charge in [-0.2, -0.15) is 48.5 Å². The number of rotatable bonds is 6. The minimum atomic E-state index is -6.08. The Morgan fingerprint density at radius 1 is 1.02 bits per heavy atom. The first-order valence-electron chi connectivity index (χ1n) is 11.9. The van der Waals surface area contributed by atoms with Crippen LogP contribution in [0.15, 0.2) is 59.7 Å². The second-order valence-electron chi connectivity index (χ2n) is 9.52. The lowest BCUT2D eigenvalue weighted by molar-refractivity contribution is -0.338.